The predicted molar refractivity (Wildman–Crippen MR) is 37.5 cm³/mol. The lowest BCUT2D eigenvalue weighted by Crippen LogP contribution is -2.07. The Morgan fingerprint density at radius 1 is 1.27 bits per heavy atom. The maximum atomic E-state index is 9.59. The van der Waals surface area contributed by atoms with Crippen LogP contribution in [-0.4, -0.2) is 25.8 Å². The van der Waals surface area contributed by atoms with Crippen LogP contribution in [0.2, 0.25) is 0 Å². The molecule has 0 bridgehead atoms. The van der Waals surface area contributed by atoms with Crippen LogP contribution in [0.4, 0.5) is 18.9 Å². The maximum absolute atomic E-state index is 9.59. The molecule has 69 valence electrons. The highest BCUT2D eigenvalue weighted by Gasteiger charge is 1.97. The van der Waals surface area contributed by atoms with Crippen molar-refractivity contribution in [3.63, 3.8) is 0 Å². The van der Waals surface area contributed by atoms with Crippen molar-refractivity contribution in [1.82, 2.24) is 0 Å². The molecule has 0 saturated heterocycles. The number of hydrogen-bond acceptors (Lipinski definition) is 2. The van der Waals surface area contributed by atoms with Crippen molar-refractivity contribution in [3.8, 4) is 0 Å². The molecule has 0 aromatic rings. The van der Waals surface area contributed by atoms with E-state index in [1.54, 1.807) is 13.8 Å². The van der Waals surface area contributed by atoms with Gasteiger partial charge in [0.15, 0.2) is 0 Å². The Morgan fingerprint density at radius 2 is 1.55 bits per heavy atom. The zero-order valence-corrected chi connectivity index (χ0v) is 6.14. The van der Waals surface area contributed by atoms with Crippen molar-refractivity contribution in [1.29, 1.82) is 0 Å². The summed E-state index contributed by atoms with van der Waals surface area (Å²) in [6, 6.07) is 0. The van der Waals surface area contributed by atoms with Crippen LogP contribution in [0.1, 0.15) is 13.8 Å². The second-order valence-electron chi connectivity index (χ2n) is 1.43. The van der Waals surface area contributed by atoms with Crippen LogP contribution in [0.5, 0.6) is 0 Å². The highest BCUT2D eigenvalue weighted by Crippen LogP contribution is 1.85. The highest BCUT2D eigenvalue weighted by molar-refractivity contribution is 5.75. The molecule has 0 amide bonds. The van der Waals surface area contributed by atoms with Gasteiger partial charge in [-0.05, 0) is 13.8 Å². The van der Waals surface area contributed by atoms with E-state index in [1.807, 2.05) is 0 Å². The average Bonchev–Trinajstić information content (AvgIpc) is 1.27. The number of carbonyl (C=O) groups is 1. The molecule has 0 saturated carbocycles. The Labute approximate surface area is 64.4 Å². The quantitative estimate of drug-likeness (QED) is 0.480. The second-order valence-corrected chi connectivity index (χ2v) is 1.43. The van der Waals surface area contributed by atoms with Crippen molar-refractivity contribution >= 4 is 14.6 Å². The van der Waals surface area contributed by atoms with Crippen LogP contribution in [0.3, 0.4) is 0 Å². The standard InChI is InChI=1S/C4H8O3.B.3FH/c1-3(2)7-4(5)6;;;;/h3H,1-2H3,(H,5,6);;3*1H. The first kappa shape index (κ1) is 32.1. The molecule has 0 aliphatic rings. The Balaban J connectivity index is -0.0000000300. The summed E-state index contributed by atoms with van der Waals surface area (Å²) in [5, 5.41) is 7.86. The summed E-state index contributed by atoms with van der Waals surface area (Å²) in [5.41, 5.74) is 0. The van der Waals surface area contributed by atoms with E-state index in [9.17, 15) is 4.79 Å². The van der Waals surface area contributed by atoms with Crippen molar-refractivity contribution in [3.05, 3.63) is 0 Å². The third-order valence-electron chi connectivity index (χ3n) is 0.337. The fourth-order valence-electron chi connectivity index (χ4n) is 0.202. The lowest BCUT2D eigenvalue weighted by molar-refractivity contribution is 0.0660. The zero-order valence-electron chi connectivity index (χ0n) is 6.14. The lowest BCUT2D eigenvalue weighted by atomic mass is 10.5. The van der Waals surface area contributed by atoms with Crippen molar-refractivity contribution in [2.24, 2.45) is 0 Å². The van der Waals surface area contributed by atoms with Gasteiger partial charge >= 0.3 is 6.16 Å². The molecule has 1 N–H and O–H groups in total. The molecule has 0 spiro atoms. The summed E-state index contributed by atoms with van der Waals surface area (Å²) < 4.78 is 4.17. The summed E-state index contributed by atoms with van der Waals surface area (Å²) >= 11 is 0. The Bertz CT molecular complexity index is 81.0. The van der Waals surface area contributed by atoms with Gasteiger partial charge in [-0.2, -0.15) is 0 Å². The topological polar surface area (TPSA) is 46.5 Å². The smallest absolute Gasteiger partial charge is 0.450 e. The average molecular weight is 175 g/mol. The normalized spacial score (nSPS) is 5.73. The molecule has 0 aliphatic heterocycles. The van der Waals surface area contributed by atoms with Crippen molar-refractivity contribution in [2.45, 2.75) is 20.0 Å². The first-order chi connectivity index (χ1) is 3.13. The largest absolute Gasteiger partial charge is 0.506 e. The van der Waals surface area contributed by atoms with E-state index in [4.69, 9.17) is 5.11 Å². The van der Waals surface area contributed by atoms with Gasteiger partial charge in [0.25, 0.3) is 0 Å². The molecule has 3 radical (unpaired) electrons. The Kier molecular flexibility index (Phi) is 46.9. The number of carboxylic acid groups (broad SMARTS) is 1. The van der Waals surface area contributed by atoms with E-state index in [1.165, 1.54) is 0 Å². The molecular formula is C4H11BF3O3. The molecule has 0 rings (SSSR count). The van der Waals surface area contributed by atoms with Gasteiger partial charge < -0.3 is 9.84 Å². The van der Waals surface area contributed by atoms with E-state index < -0.39 is 6.16 Å². The van der Waals surface area contributed by atoms with Gasteiger partial charge in [0, 0.05) is 8.41 Å². The molecule has 0 aliphatic carbocycles. The number of ether oxygens (including phenoxy) is 1. The van der Waals surface area contributed by atoms with Crippen LogP contribution in [0.15, 0.2) is 0 Å². The van der Waals surface area contributed by atoms with Crippen molar-refractivity contribution < 1.29 is 28.8 Å². The van der Waals surface area contributed by atoms with E-state index in [-0.39, 0.29) is 28.6 Å². The maximum Gasteiger partial charge on any atom is 0.506 e. The molecule has 0 atom stereocenters. The van der Waals surface area contributed by atoms with Crippen molar-refractivity contribution in [2.75, 3.05) is 0 Å². The van der Waals surface area contributed by atoms with Crippen LogP contribution in [0, 0.1) is 0 Å². The lowest BCUT2D eigenvalue weighted by Gasteiger charge is -1.99. The van der Waals surface area contributed by atoms with Crippen LogP contribution in [-0.2, 0) is 4.74 Å². The van der Waals surface area contributed by atoms with Gasteiger partial charge in [-0.3, -0.25) is 14.1 Å². The number of halogens is 3. The molecular weight excluding hydrogens is 164 g/mol. The van der Waals surface area contributed by atoms with Crippen LogP contribution < -0.4 is 0 Å². The van der Waals surface area contributed by atoms with Gasteiger partial charge in [-0.25, -0.2) is 4.79 Å². The molecule has 3 nitrogen and oxygen atoms in total. The molecule has 0 unspecified atom stereocenters. The van der Waals surface area contributed by atoms with E-state index in [2.05, 4.69) is 4.74 Å². The third-order valence-corrected chi connectivity index (χ3v) is 0.337. The molecule has 0 aromatic heterocycles. The third kappa shape index (κ3) is 47.4. The molecule has 11 heavy (non-hydrogen) atoms. The van der Waals surface area contributed by atoms with Crippen LogP contribution in [0.25, 0.3) is 0 Å². The first-order valence-corrected chi connectivity index (χ1v) is 2.02. The van der Waals surface area contributed by atoms with Gasteiger partial charge in [0.2, 0.25) is 0 Å². The van der Waals surface area contributed by atoms with Gasteiger partial charge in [0.1, 0.15) is 0 Å². The Morgan fingerprint density at radius 3 is 1.55 bits per heavy atom. The van der Waals surface area contributed by atoms with Gasteiger partial charge in [-0.15, -0.1) is 0 Å². The van der Waals surface area contributed by atoms with E-state index in [0.29, 0.717) is 0 Å². The molecule has 0 heterocycles. The van der Waals surface area contributed by atoms with E-state index in [0.717, 1.165) is 0 Å². The molecule has 7 heteroatoms. The fourth-order valence-corrected chi connectivity index (χ4v) is 0.202. The zero-order chi connectivity index (χ0) is 5.86. The predicted octanol–water partition coefficient (Wildman–Crippen LogP) is 1.17. The highest BCUT2D eigenvalue weighted by atomic mass is 19.0. The summed E-state index contributed by atoms with van der Waals surface area (Å²) in [6.07, 6.45) is -1.44. The summed E-state index contributed by atoms with van der Waals surface area (Å²) in [6.45, 7) is 3.32. The summed E-state index contributed by atoms with van der Waals surface area (Å²) in [4.78, 5) is 9.59. The molecule has 0 aromatic carbocycles. The monoisotopic (exact) mass is 175 g/mol. The first-order valence-electron chi connectivity index (χ1n) is 2.02. The van der Waals surface area contributed by atoms with Gasteiger partial charge in [0.05, 0.1) is 6.10 Å². The Hall–Kier alpha value is -0.875. The molecule has 0 fully saturated rings. The number of hydrogen-bond donors (Lipinski definition) is 1. The fraction of sp³-hybridized carbons (Fsp3) is 0.750. The SMILES string of the molecule is CC(C)OC(=O)O.F.F.F.[B]. The minimum Gasteiger partial charge on any atom is -0.450 e. The second kappa shape index (κ2) is 16.1. The minimum atomic E-state index is -1.21. The number of rotatable bonds is 1. The summed E-state index contributed by atoms with van der Waals surface area (Å²) in [5.74, 6) is 0. The van der Waals surface area contributed by atoms with E-state index >= 15 is 0 Å². The van der Waals surface area contributed by atoms with Crippen LogP contribution >= 0.6 is 0 Å². The summed E-state index contributed by atoms with van der Waals surface area (Å²) in [7, 11) is 0. The minimum absolute atomic E-state index is 0. The van der Waals surface area contributed by atoms with Gasteiger partial charge in [-0.1, -0.05) is 0 Å².